The summed E-state index contributed by atoms with van der Waals surface area (Å²) in [5, 5.41) is 9.99. The minimum absolute atomic E-state index is 0.0278. The summed E-state index contributed by atoms with van der Waals surface area (Å²) < 4.78 is 13.8. The number of carboxylic acids is 1. The molecule has 0 aliphatic heterocycles. The maximum Gasteiger partial charge on any atom is 0.336 e. The van der Waals surface area contributed by atoms with E-state index >= 15 is 0 Å². The van der Waals surface area contributed by atoms with Crippen molar-refractivity contribution in [3.05, 3.63) is 117 Å². The number of benzene rings is 3. The highest BCUT2D eigenvalue weighted by Crippen LogP contribution is 2.27. The van der Waals surface area contributed by atoms with Crippen molar-refractivity contribution in [2.24, 2.45) is 0 Å². The number of ether oxygens (including phenoxy) is 2. The summed E-state index contributed by atoms with van der Waals surface area (Å²) in [6.07, 6.45) is 1.26. The van der Waals surface area contributed by atoms with Crippen molar-refractivity contribution >= 4 is 11.9 Å². The van der Waals surface area contributed by atoms with Gasteiger partial charge in [-0.25, -0.2) is 14.2 Å². The van der Waals surface area contributed by atoms with Crippen molar-refractivity contribution in [1.29, 1.82) is 0 Å². The number of imidazole rings is 1. The number of carboxylic acid groups (broad SMARTS) is 1. The summed E-state index contributed by atoms with van der Waals surface area (Å²) in [4.78, 5) is 39.7. The summed E-state index contributed by atoms with van der Waals surface area (Å²) in [5.41, 5.74) is 3.41. The molecule has 1 heterocycles. The van der Waals surface area contributed by atoms with Crippen LogP contribution in [0.1, 0.15) is 63.7 Å². The number of aromatic nitrogens is 2. The SMILES string of the molecule is CCCCc1c(C(OC)OC)n(C(=O)Cc2ccccc2)c(=O)n1Cc1ccc(-c2ccccc2)c(C(=O)O)c1. The van der Waals surface area contributed by atoms with Crippen LogP contribution in [0.2, 0.25) is 0 Å². The van der Waals surface area contributed by atoms with Crippen LogP contribution in [-0.4, -0.2) is 40.3 Å². The Morgan fingerprint density at radius 2 is 1.55 bits per heavy atom. The van der Waals surface area contributed by atoms with Crippen LogP contribution in [0.15, 0.2) is 83.7 Å². The van der Waals surface area contributed by atoms with Gasteiger partial charge in [0.25, 0.3) is 0 Å². The summed E-state index contributed by atoms with van der Waals surface area (Å²) in [5.74, 6) is -1.46. The van der Waals surface area contributed by atoms with Gasteiger partial charge in [-0.2, -0.15) is 0 Å². The van der Waals surface area contributed by atoms with Gasteiger partial charge in [0.05, 0.1) is 18.5 Å². The Kier molecular flexibility index (Phi) is 9.47. The van der Waals surface area contributed by atoms with Crippen molar-refractivity contribution in [1.82, 2.24) is 9.13 Å². The molecule has 0 saturated carbocycles. The van der Waals surface area contributed by atoms with Crippen molar-refractivity contribution < 1.29 is 24.2 Å². The van der Waals surface area contributed by atoms with E-state index in [0.29, 0.717) is 28.9 Å². The van der Waals surface area contributed by atoms with Gasteiger partial charge in [0.15, 0.2) is 0 Å². The van der Waals surface area contributed by atoms with E-state index in [2.05, 4.69) is 0 Å². The molecular weight excluding hydrogens is 508 g/mol. The molecule has 1 aromatic heterocycles. The fraction of sp³-hybridized carbons (Fsp3) is 0.281. The van der Waals surface area contributed by atoms with E-state index in [-0.39, 0.29) is 18.5 Å². The highest BCUT2D eigenvalue weighted by atomic mass is 16.7. The molecule has 4 aromatic rings. The molecule has 0 spiro atoms. The number of unbranched alkanes of at least 4 members (excludes halogenated alkanes) is 1. The molecule has 0 saturated heterocycles. The van der Waals surface area contributed by atoms with Crippen LogP contribution in [-0.2, 0) is 28.9 Å². The molecule has 0 atom stereocenters. The number of rotatable bonds is 12. The van der Waals surface area contributed by atoms with Crippen LogP contribution in [0.3, 0.4) is 0 Å². The summed E-state index contributed by atoms with van der Waals surface area (Å²) in [6, 6.07) is 23.7. The first-order valence-corrected chi connectivity index (χ1v) is 13.3. The normalized spacial score (nSPS) is 11.2. The Morgan fingerprint density at radius 3 is 2.15 bits per heavy atom. The van der Waals surface area contributed by atoms with Gasteiger partial charge >= 0.3 is 11.7 Å². The lowest BCUT2D eigenvalue weighted by Crippen LogP contribution is -2.32. The number of methoxy groups -OCH3 is 2. The van der Waals surface area contributed by atoms with Crippen LogP contribution in [0.5, 0.6) is 0 Å². The van der Waals surface area contributed by atoms with E-state index in [1.165, 1.54) is 14.2 Å². The average molecular weight is 543 g/mol. The van der Waals surface area contributed by atoms with Crippen LogP contribution in [0.25, 0.3) is 11.1 Å². The molecular formula is C32H34N2O6. The first-order chi connectivity index (χ1) is 19.4. The summed E-state index contributed by atoms with van der Waals surface area (Å²) in [6.45, 7) is 2.14. The molecule has 208 valence electrons. The maximum atomic E-state index is 13.9. The third-order valence-corrected chi connectivity index (χ3v) is 6.89. The predicted molar refractivity (Wildman–Crippen MR) is 153 cm³/mol. The van der Waals surface area contributed by atoms with Crippen molar-refractivity contribution in [3.63, 3.8) is 0 Å². The summed E-state index contributed by atoms with van der Waals surface area (Å²) >= 11 is 0. The second kappa shape index (κ2) is 13.2. The molecule has 8 heteroatoms. The van der Waals surface area contributed by atoms with Gasteiger partial charge in [0, 0.05) is 19.9 Å². The third-order valence-electron chi connectivity index (χ3n) is 6.89. The number of hydrogen-bond acceptors (Lipinski definition) is 5. The highest BCUT2D eigenvalue weighted by molar-refractivity contribution is 5.96. The number of carbonyl (C=O) groups is 2. The number of carbonyl (C=O) groups excluding carboxylic acids is 1. The largest absolute Gasteiger partial charge is 0.478 e. The maximum absolute atomic E-state index is 13.9. The molecule has 0 aliphatic rings. The van der Waals surface area contributed by atoms with E-state index < -0.39 is 23.9 Å². The van der Waals surface area contributed by atoms with E-state index in [1.807, 2.05) is 73.7 Å². The Bertz CT molecular complexity index is 1520. The van der Waals surface area contributed by atoms with Gasteiger partial charge in [0.1, 0.15) is 5.69 Å². The van der Waals surface area contributed by atoms with Gasteiger partial charge in [0.2, 0.25) is 12.2 Å². The highest BCUT2D eigenvalue weighted by Gasteiger charge is 2.30. The van der Waals surface area contributed by atoms with Crippen LogP contribution < -0.4 is 5.69 Å². The molecule has 40 heavy (non-hydrogen) atoms. The summed E-state index contributed by atoms with van der Waals surface area (Å²) in [7, 11) is 2.93. The van der Waals surface area contributed by atoms with Crippen LogP contribution >= 0.6 is 0 Å². The molecule has 0 bridgehead atoms. The molecule has 0 aliphatic carbocycles. The predicted octanol–water partition coefficient (Wildman–Crippen LogP) is 5.58. The van der Waals surface area contributed by atoms with Gasteiger partial charge in [-0.15, -0.1) is 0 Å². The molecule has 8 nitrogen and oxygen atoms in total. The lowest BCUT2D eigenvalue weighted by molar-refractivity contribution is -0.110. The number of nitrogens with zero attached hydrogens (tertiary/aromatic N) is 2. The monoisotopic (exact) mass is 542 g/mol. The minimum atomic E-state index is -1.06. The smallest absolute Gasteiger partial charge is 0.336 e. The van der Waals surface area contributed by atoms with Crippen LogP contribution in [0.4, 0.5) is 0 Å². The standard InChI is InChI=1S/C32H34N2O6/c1-4-5-16-27-29(31(39-2)40-3)34(28(35)20-22-12-8-6-9-13-22)32(38)33(27)21-23-17-18-25(26(19-23)30(36)37)24-14-10-7-11-15-24/h6-15,17-19,31H,4-5,16,20-21H2,1-3H3,(H,36,37). The number of aromatic carboxylic acids is 1. The van der Waals surface area contributed by atoms with Crippen LogP contribution in [0, 0.1) is 0 Å². The fourth-order valence-corrected chi connectivity index (χ4v) is 4.95. The Balaban J connectivity index is 1.84. The lowest BCUT2D eigenvalue weighted by atomic mass is 9.97. The molecule has 4 rings (SSSR count). The van der Waals surface area contributed by atoms with Gasteiger partial charge in [-0.05, 0) is 41.2 Å². The van der Waals surface area contributed by atoms with Crippen molar-refractivity contribution in [2.75, 3.05) is 14.2 Å². The quantitative estimate of drug-likeness (QED) is 0.235. The second-order valence-corrected chi connectivity index (χ2v) is 9.55. The number of hydrogen-bond donors (Lipinski definition) is 1. The lowest BCUT2D eigenvalue weighted by Gasteiger charge is -2.18. The third kappa shape index (κ3) is 6.14. The Morgan fingerprint density at radius 1 is 0.900 bits per heavy atom. The molecule has 0 unspecified atom stereocenters. The van der Waals surface area contributed by atoms with E-state index in [4.69, 9.17) is 9.47 Å². The average Bonchev–Trinajstić information content (AvgIpc) is 3.24. The van der Waals surface area contributed by atoms with Gasteiger partial charge in [-0.1, -0.05) is 86.1 Å². The zero-order chi connectivity index (χ0) is 28.6. The second-order valence-electron chi connectivity index (χ2n) is 9.55. The first kappa shape index (κ1) is 28.7. The fourth-order valence-electron chi connectivity index (χ4n) is 4.95. The first-order valence-electron chi connectivity index (χ1n) is 13.3. The molecule has 0 amide bonds. The zero-order valence-electron chi connectivity index (χ0n) is 23.0. The van der Waals surface area contributed by atoms with E-state index in [1.54, 1.807) is 16.7 Å². The molecule has 0 radical (unpaired) electrons. The Labute approximate surface area is 233 Å². The van der Waals surface area contributed by atoms with E-state index in [0.717, 1.165) is 28.5 Å². The van der Waals surface area contributed by atoms with Crippen molar-refractivity contribution in [2.45, 2.75) is 45.4 Å². The molecule has 1 N–H and O–H groups in total. The Hall–Kier alpha value is -4.27. The van der Waals surface area contributed by atoms with Crippen molar-refractivity contribution in [3.8, 4) is 11.1 Å². The van der Waals surface area contributed by atoms with Gasteiger partial charge < -0.3 is 14.6 Å². The van der Waals surface area contributed by atoms with E-state index in [9.17, 15) is 19.5 Å². The topological polar surface area (TPSA) is 99.8 Å². The zero-order valence-corrected chi connectivity index (χ0v) is 23.0. The molecule has 3 aromatic carbocycles. The van der Waals surface area contributed by atoms with Gasteiger partial charge in [-0.3, -0.25) is 9.36 Å². The molecule has 0 fully saturated rings. The minimum Gasteiger partial charge on any atom is -0.478 e.